The number of piperidine rings is 1. The molecule has 17 heavy (non-hydrogen) atoms. The summed E-state index contributed by atoms with van der Waals surface area (Å²) in [6, 6.07) is 0. The number of nitrogens with zero attached hydrogens (tertiary/aromatic N) is 1. The first kappa shape index (κ1) is 14.9. The van der Waals surface area contributed by atoms with E-state index in [1.807, 2.05) is 13.8 Å². The van der Waals surface area contributed by atoms with Crippen molar-refractivity contribution in [1.82, 2.24) is 4.90 Å². The Kier molecular flexibility index (Phi) is 5.38. The molecule has 1 rings (SSSR count). The van der Waals surface area contributed by atoms with Crippen molar-refractivity contribution in [2.75, 3.05) is 33.9 Å². The molecular formula is C13H27NO3. The van der Waals surface area contributed by atoms with E-state index in [0.29, 0.717) is 12.5 Å². The minimum absolute atomic E-state index is 0.279. The van der Waals surface area contributed by atoms with Gasteiger partial charge in [0.05, 0.1) is 17.8 Å². The summed E-state index contributed by atoms with van der Waals surface area (Å²) in [5, 5.41) is 10.1. The van der Waals surface area contributed by atoms with Crippen LogP contribution in [0.5, 0.6) is 0 Å². The molecule has 1 aliphatic rings. The van der Waals surface area contributed by atoms with Gasteiger partial charge in [-0.3, -0.25) is 4.90 Å². The van der Waals surface area contributed by atoms with Gasteiger partial charge >= 0.3 is 0 Å². The lowest BCUT2D eigenvalue weighted by atomic mass is 9.94. The first-order chi connectivity index (χ1) is 7.90. The first-order valence-electron chi connectivity index (χ1n) is 6.39. The van der Waals surface area contributed by atoms with Crippen LogP contribution in [0.3, 0.4) is 0 Å². The number of rotatable bonds is 5. The molecule has 0 spiro atoms. The summed E-state index contributed by atoms with van der Waals surface area (Å²) in [6.07, 6.45) is 0.929. The molecule has 0 aromatic heterocycles. The van der Waals surface area contributed by atoms with E-state index in [-0.39, 0.29) is 6.10 Å². The molecule has 0 bridgehead atoms. The highest BCUT2D eigenvalue weighted by Crippen LogP contribution is 2.21. The molecule has 0 saturated carbocycles. The fourth-order valence-corrected chi connectivity index (χ4v) is 2.17. The van der Waals surface area contributed by atoms with Crippen molar-refractivity contribution >= 4 is 0 Å². The van der Waals surface area contributed by atoms with Crippen LogP contribution in [0, 0.1) is 5.92 Å². The van der Waals surface area contributed by atoms with E-state index in [9.17, 15) is 5.11 Å². The van der Waals surface area contributed by atoms with Gasteiger partial charge in [0.1, 0.15) is 0 Å². The predicted molar refractivity (Wildman–Crippen MR) is 68.1 cm³/mol. The molecule has 0 amide bonds. The zero-order valence-electron chi connectivity index (χ0n) is 11.8. The lowest BCUT2D eigenvalue weighted by molar-refractivity contribution is -0.0973. The summed E-state index contributed by atoms with van der Waals surface area (Å²) >= 11 is 0. The van der Waals surface area contributed by atoms with Crippen molar-refractivity contribution in [3.05, 3.63) is 0 Å². The Morgan fingerprint density at radius 3 is 2.59 bits per heavy atom. The van der Waals surface area contributed by atoms with Crippen LogP contribution in [0.4, 0.5) is 0 Å². The average molecular weight is 245 g/mol. The van der Waals surface area contributed by atoms with Crippen LogP contribution in [0.2, 0.25) is 0 Å². The number of aliphatic hydroxyl groups is 1. The van der Waals surface area contributed by atoms with Crippen LogP contribution in [-0.2, 0) is 9.47 Å². The van der Waals surface area contributed by atoms with Gasteiger partial charge in [0.2, 0.25) is 0 Å². The minimum atomic E-state index is -0.494. The Labute approximate surface area is 105 Å². The molecule has 1 saturated heterocycles. The largest absolute Gasteiger partial charge is 0.389 e. The SMILES string of the molecule is COC1CN(CC(O)C(C)(C)OC)CCC1C. The quantitative estimate of drug-likeness (QED) is 0.788. The van der Waals surface area contributed by atoms with Gasteiger partial charge in [0.15, 0.2) is 0 Å². The van der Waals surface area contributed by atoms with E-state index in [4.69, 9.17) is 9.47 Å². The number of likely N-dealkylation sites (tertiary alicyclic amines) is 1. The number of methoxy groups -OCH3 is 2. The molecule has 1 fully saturated rings. The zero-order chi connectivity index (χ0) is 13.1. The summed E-state index contributed by atoms with van der Waals surface area (Å²) < 4.78 is 10.8. The summed E-state index contributed by atoms with van der Waals surface area (Å²) in [4.78, 5) is 2.26. The van der Waals surface area contributed by atoms with Gasteiger partial charge in [-0.15, -0.1) is 0 Å². The molecule has 1 N–H and O–H groups in total. The highest BCUT2D eigenvalue weighted by Gasteiger charge is 2.32. The van der Waals surface area contributed by atoms with E-state index in [0.717, 1.165) is 19.5 Å². The van der Waals surface area contributed by atoms with E-state index in [1.54, 1.807) is 14.2 Å². The Morgan fingerprint density at radius 2 is 2.06 bits per heavy atom. The molecular weight excluding hydrogens is 218 g/mol. The summed E-state index contributed by atoms with van der Waals surface area (Å²) in [5.41, 5.74) is -0.494. The maximum Gasteiger partial charge on any atom is 0.0950 e. The molecule has 1 aliphatic heterocycles. The highest BCUT2D eigenvalue weighted by molar-refractivity contribution is 4.85. The molecule has 0 aromatic carbocycles. The topological polar surface area (TPSA) is 41.9 Å². The van der Waals surface area contributed by atoms with Crippen molar-refractivity contribution in [3.63, 3.8) is 0 Å². The van der Waals surface area contributed by atoms with E-state index in [1.165, 1.54) is 0 Å². The van der Waals surface area contributed by atoms with Crippen LogP contribution in [0.15, 0.2) is 0 Å². The maximum absolute atomic E-state index is 10.1. The fraction of sp³-hybridized carbons (Fsp3) is 1.00. The highest BCUT2D eigenvalue weighted by atomic mass is 16.5. The number of hydrogen-bond acceptors (Lipinski definition) is 4. The monoisotopic (exact) mass is 245 g/mol. The van der Waals surface area contributed by atoms with Gasteiger partial charge in [0.25, 0.3) is 0 Å². The third kappa shape index (κ3) is 3.91. The van der Waals surface area contributed by atoms with Crippen molar-refractivity contribution < 1.29 is 14.6 Å². The second-order valence-electron chi connectivity index (χ2n) is 5.62. The Morgan fingerprint density at radius 1 is 1.41 bits per heavy atom. The summed E-state index contributed by atoms with van der Waals surface area (Å²) in [5.74, 6) is 0.601. The van der Waals surface area contributed by atoms with Gasteiger partial charge < -0.3 is 14.6 Å². The number of β-amino-alcohol motifs (C(OH)–C–C–N with tert-alkyl or cyclic N) is 1. The van der Waals surface area contributed by atoms with Gasteiger partial charge in [-0.25, -0.2) is 0 Å². The van der Waals surface area contributed by atoms with Crippen molar-refractivity contribution in [2.24, 2.45) is 5.92 Å². The van der Waals surface area contributed by atoms with Crippen molar-refractivity contribution in [1.29, 1.82) is 0 Å². The molecule has 4 heteroatoms. The lowest BCUT2D eigenvalue weighted by Gasteiger charge is -2.39. The Hall–Kier alpha value is -0.160. The Bertz CT molecular complexity index is 233. The Balaban J connectivity index is 2.47. The van der Waals surface area contributed by atoms with Gasteiger partial charge in [0, 0.05) is 27.3 Å². The second-order valence-corrected chi connectivity index (χ2v) is 5.62. The van der Waals surface area contributed by atoms with Crippen molar-refractivity contribution in [3.8, 4) is 0 Å². The molecule has 0 aliphatic carbocycles. The third-order valence-corrected chi connectivity index (χ3v) is 4.04. The second kappa shape index (κ2) is 6.14. The van der Waals surface area contributed by atoms with Crippen LogP contribution in [-0.4, -0.2) is 61.7 Å². The molecule has 3 unspecified atom stereocenters. The van der Waals surface area contributed by atoms with Crippen LogP contribution in [0.25, 0.3) is 0 Å². The maximum atomic E-state index is 10.1. The van der Waals surface area contributed by atoms with E-state index in [2.05, 4.69) is 11.8 Å². The summed E-state index contributed by atoms with van der Waals surface area (Å²) in [7, 11) is 3.40. The standard InChI is InChI=1S/C13H27NO3/c1-10-6-7-14(8-11(10)16-4)9-12(15)13(2,3)17-5/h10-12,15H,6-9H2,1-5H3. The van der Waals surface area contributed by atoms with Crippen molar-refractivity contribution in [2.45, 2.75) is 45.0 Å². The smallest absolute Gasteiger partial charge is 0.0950 e. The van der Waals surface area contributed by atoms with Gasteiger partial charge in [-0.05, 0) is 32.7 Å². The number of ether oxygens (including phenoxy) is 2. The lowest BCUT2D eigenvalue weighted by Crippen LogP contribution is -2.51. The molecule has 1 heterocycles. The van der Waals surface area contributed by atoms with E-state index < -0.39 is 11.7 Å². The molecule has 3 atom stereocenters. The number of hydrogen-bond donors (Lipinski definition) is 1. The zero-order valence-corrected chi connectivity index (χ0v) is 11.8. The fourth-order valence-electron chi connectivity index (χ4n) is 2.17. The van der Waals surface area contributed by atoms with E-state index >= 15 is 0 Å². The summed E-state index contributed by atoms with van der Waals surface area (Å²) in [6.45, 7) is 8.62. The van der Waals surface area contributed by atoms with Crippen LogP contribution in [0.1, 0.15) is 27.2 Å². The van der Waals surface area contributed by atoms with Gasteiger partial charge in [-0.2, -0.15) is 0 Å². The molecule has 0 aromatic rings. The third-order valence-electron chi connectivity index (χ3n) is 4.04. The first-order valence-corrected chi connectivity index (χ1v) is 6.39. The molecule has 4 nitrogen and oxygen atoms in total. The predicted octanol–water partition coefficient (Wildman–Crippen LogP) is 1.13. The van der Waals surface area contributed by atoms with Gasteiger partial charge in [-0.1, -0.05) is 6.92 Å². The molecule has 0 radical (unpaired) electrons. The average Bonchev–Trinajstić information content (AvgIpc) is 2.31. The van der Waals surface area contributed by atoms with Crippen LogP contribution < -0.4 is 0 Å². The number of aliphatic hydroxyl groups excluding tert-OH is 1. The van der Waals surface area contributed by atoms with Crippen LogP contribution >= 0.6 is 0 Å². The normalized spacial score (nSPS) is 29.3. The molecule has 102 valence electrons. The minimum Gasteiger partial charge on any atom is -0.389 e.